The van der Waals surface area contributed by atoms with Gasteiger partial charge < -0.3 is 10.6 Å². The number of benzene rings is 1. The lowest BCUT2D eigenvalue weighted by molar-refractivity contribution is -0.130. The minimum atomic E-state index is -1.17. The molecule has 1 saturated heterocycles. The van der Waals surface area contributed by atoms with Crippen molar-refractivity contribution in [1.82, 2.24) is 15.5 Å². The molecule has 1 aliphatic heterocycles. The summed E-state index contributed by atoms with van der Waals surface area (Å²) in [5.74, 6) is -1.51. The minimum Gasteiger partial charge on any atom is -0.350 e. The summed E-state index contributed by atoms with van der Waals surface area (Å²) in [6.07, 6.45) is -1.90. The molecule has 26 heavy (non-hydrogen) atoms. The lowest BCUT2D eigenvalue weighted by Gasteiger charge is -2.27. The molecule has 1 aromatic rings. The third-order valence-electron chi connectivity index (χ3n) is 4.22. The molecule has 2 N–H and O–H groups in total. The van der Waals surface area contributed by atoms with E-state index in [4.69, 9.17) is 6.57 Å². The largest absolute Gasteiger partial charge is 0.350 e. The number of carbonyl (C=O) groups excluding carboxylic acids is 2. The van der Waals surface area contributed by atoms with Crippen molar-refractivity contribution in [3.05, 3.63) is 47.1 Å². The van der Waals surface area contributed by atoms with E-state index in [1.54, 1.807) is 19.9 Å². The van der Waals surface area contributed by atoms with E-state index in [9.17, 15) is 18.4 Å². The van der Waals surface area contributed by atoms with Crippen LogP contribution in [-0.2, 0) is 4.79 Å². The summed E-state index contributed by atoms with van der Waals surface area (Å²) in [7, 11) is 0. The Kier molecular flexibility index (Phi) is 6.27. The second-order valence-electron chi connectivity index (χ2n) is 6.89. The Balaban J connectivity index is 1.85. The van der Waals surface area contributed by atoms with Crippen molar-refractivity contribution in [3.63, 3.8) is 0 Å². The summed E-state index contributed by atoms with van der Waals surface area (Å²) in [6.45, 7) is 10.6. The number of amides is 2. The van der Waals surface area contributed by atoms with E-state index in [2.05, 4.69) is 15.5 Å². The zero-order valence-corrected chi connectivity index (χ0v) is 14.8. The molecule has 0 radical (unpaired) electrons. The molecular formula is C18H22F2N4O2. The van der Waals surface area contributed by atoms with Gasteiger partial charge in [0.1, 0.15) is 12.0 Å². The summed E-state index contributed by atoms with van der Waals surface area (Å²) in [5.41, 5.74) is -0.704. The monoisotopic (exact) mass is 364 g/mol. The summed E-state index contributed by atoms with van der Waals surface area (Å²) in [5, 5.41) is 5.62. The van der Waals surface area contributed by atoms with E-state index in [1.807, 2.05) is 0 Å². The Hall–Kier alpha value is -2.53. The van der Waals surface area contributed by atoms with E-state index in [0.29, 0.717) is 0 Å². The zero-order valence-electron chi connectivity index (χ0n) is 14.8. The summed E-state index contributed by atoms with van der Waals surface area (Å²) in [6, 6.07) is 5.67. The molecule has 8 heteroatoms. The first kappa shape index (κ1) is 19.8. The normalized spacial score (nSPS) is 19.9. The van der Waals surface area contributed by atoms with Crippen LogP contribution in [-0.4, -0.2) is 54.2 Å². The summed E-state index contributed by atoms with van der Waals surface area (Å²) < 4.78 is 27.0. The van der Waals surface area contributed by atoms with E-state index in [-0.39, 0.29) is 37.5 Å². The van der Waals surface area contributed by atoms with Crippen LogP contribution in [0, 0.1) is 12.4 Å². The Morgan fingerprint density at radius 2 is 2.08 bits per heavy atom. The van der Waals surface area contributed by atoms with Crippen molar-refractivity contribution in [3.8, 4) is 0 Å². The minimum absolute atomic E-state index is 0.0390. The van der Waals surface area contributed by atoms with Crippen LogP contribution in [0.2, 0.25) is 0 Å². The van der Waals surface area contributed by atoms with Crippen LogP contribution >= 0.6 is 0 Å². The number of halogens is 2. The molecule has 0 aliphatic carbocycles. The first-order valence-corrected chi connectivity index (χ1v) is 8.31. The third-order valence-corrected chi connectivity index (χ3v) is 4.22. The number of nitrogens with one attached hydrogen (secondary N) is 2. The van der Waals surface area contributed by atoms with Gasteiger partial charge in [-0.2, -0.15) is 0 Å². The number of hydrogen-bond acceptors (Lipinski definition) is 3. The number of hydrogen-bond donors (Lipinski definition) is 2. The molecule has 1 aromatic carbocycles. The lowest BCUT2D eigenvalue weighted by atomic mass is 10.1. The quantitative estimate of drug-likeness (QED) is 0.756. The first-order valence-electron chi connectivity index (χ1n) is 8.31. The third kappa shape index (κ3) is 4.99. The maximum atomic E-state index is 13.6. The Bertz CT molecular complexity index is 717. The fraction of sp³-hybridized carbons (Fsp3) is 0.500. The molecule has 0 bridgehead atoms. The van der Waals surface area contributed by atoms with E-state index < -0.39 is 29.6 Å². The molecule has 0 saturated carbocycles. The highest BCUT2D eigenvalue weighted by Gasteiger charge is 2.39. The fourth-order valence-electron chi connectivity index (χ4n) is 2.68. The number of carbonyl (C=O) groups is 2. The smallest absolute Gasteiger partial charge is 0.303 e. The van der Waals surface area contributed by atoms with Crippen molar-refractivity contribution in [1.29, 1.82) is 0 Å². The average molecular weight is 364 g/mol. The summed E-state index contributed by atoms with van der Waals surface area (Å²) >= 11 is 0. The van der Waals surface area contributed by atoms with Crippen molar-refractivity contribution in [2.24, 2.45) is 0 Å². The van der Waals surface area contributed by atoms with Gasteiger partial charge in [0.2, 0.25) is 5.91 Å². The van der Waals surface area contributed by atoms with Gasteiger partial charge in [0.05, 0.1) is 25.1 Å². The maximum absolute atomic E-state index is 13.6. The standard InChI is InChI=1S/C18H22F2N4O2/c1-18(2,11-22-17(26)13-6-4-5-7-14(13)20)23-9-16(25)24-10-12(19)8-15(24)21-3/h4-7,12,15,23H,8-11H2,1-2H3,(H,22,26)/t12-,15-/m0/s1. The predicted octanol–water partition coefficient (Wildman–Crippen LogP) is 1.74. The van der Waals surface area contributed by atoms with Crippen LogP contribution in [0.1, 0.15) is 30.6 Å². The Morgan fingerprint density at radius 3 is 2.73 bits per heavy atom. The lowest BCUT2D eigenvalue weighted by Crippen LogP contribution is -2.52. The van der Waals surface area contributed by atoms with Crippen LogP contribution in [0.3, 0.4) is 0 Å². The van der Waals surface area contributed by atoms with Gasteiger partial charge in [0.25, 0.3) is 5.91 Å². The van der Waals surface area contributed by atoms with Crippen LogP contribution < -0.4 is 10.6 Å². The molecule has 140 valence electrons. The maximum Gasteiger partial charge on any atom is 0.303 e. The number of rotatable bonds is 6. The molecule has 1 fully saturated rings. The van der Waals surface area contributed by atoms with Gasteiger partial charge in [0, 0.05) is 12.1 Å². The van der Waals surface area contributed by atoms with Gasteiger partial charge in [-0.15, -0.1) is 0 Å². The molecule has 6 nitrogen and oxygen atoms in total. The van der Waals surface area contributed by atoms with Crippen molar-refractivity contribution in [2.75, 3.05) is 19.6 Å². The van der Waals surface area contributed by atoms with Crippen LogP contribution in [0.25, 0.3) is 4.85 Å². The van der Waals surface area contributed by atoms with Crippen molar-refractivity contribution in [2.45, 2.75) is 38.1 Å². The van der Waals surface area contributed by atoms with Crippen molar-refractivity contribution >= 4 is 11.8 Å². The van der Waals surface area contributed by atoms with Crippen LogP contribution in [0.4, 0.5) is 8.78 Å². The molecule has 2 atom stereocenters. The topological polar surface area (TPSA) is 65.8 Å². The Morgan fingerprint density at radius 1 is 1.38 bits per heavy atom. The number of likely N-dealkylation sites (tertiary alicyclic amines) is 1. The van der Waals surface area contributed by atoms with Gasteiger partial charge >= 0.3 is 6.17 Å². The highest BCUT2D eigenvalue weighted by Crippen LogP contribution is 2.21. The number of alkyl halides is 1. The summed E-state index contributed by atoms with van der Waals surface area (Å²) in [4.78, 5) is 28.8. The Labute approximate surface area is 151 Å². The van der Waals surface area contributed by atoms with Gasteiger partial charge in [-0.25, -0.2) is 15.4 Å². The molecular weight excluding hydrogens is 342 g/mol. The highest BCUT2D eigenvalue weighted by atomic mass is 19.1. The molecule has 2 amide bonds. The molecule has 0 unspecified atom stereocenters. The van der Waals surface area contributed by atoms with Crippen LogP contribution in [0.15, 0.2) is 24.3 Å². The van der Waals surface area contributed by atoms with Crippen LogP contribution in [0.5, 0.6) is 0 Å². The van der Waals surface area contributed by atoms with E-state index in [1.165, 1.54) is 23.1 Å². The molecule has 1 heterocycles. The van der Waals surface area contributed by atoms with E-state index in [0.717, 1.165) is 0 Å². The molecule has 2 rings (SSSR count). The SMILES string of the molecule is [C-]#[N+][C@@H]1C[C@H](F)CN1C(=O)CNC(C)(C)CNC(=O)c1ccccc1F. The predicted molar refractivity (Wildman–Crippen MR) is 92.4 cm³/mol. The second kappa shape index (κ2) is 8.23. The van der Waals surface area contributed by atoms with Gasteiger partial charge in [0.15, 0.2) is 0 Å². The van der Waals surface area contributed by atoms with Gasteiger partial charge in [-0.05, 0) is 26.0 Å². The van der Waals surface area contributed by atoms with Gasteiger partial charge in [-0.1, -0.05) is 12.1 Å². The highest BCUT2D eigenvalue weighted by molar-refractivity contribution is 5.94. The fourth-order valence-corrected chi connectivity index (χ4v) is 2.68. The van der Waals surface area contributed by atoms with Gasteiger partial charge in [-0.3, -0.25) is 19.3 Å². The zero-order chi connectivity index (χ0) is 19.3. The molecule has 0 spiro atoms. The number of nitrogens with zero attached hydrogens (tertiary/aromatic N) is 2. The average Bonchev–Trinajstić information content (AvgIpc) is 2.99. The van der Waals surface area contributed by atoms with Crippen molar-refractivity contribution < 1.29 is 18.4 Å². The first-order chi connectivity index (χ1) is 12.2. The molecule has 0 aromatic heterocycles. The molecule has 1 aliphatic rings. The van der Waals surface area contributed by atoms with E-state index >= 15 is 0 Å². The second-order valence-corrected chi connectivity index (χ2v) is 6.89.